The van der Waals surface area contributed by atoms with Crippen molar-refractivity contribution in [3.8, 4) is 0 Å². The van der Waals surface area contributed by atoms with Crippen molar-refractivity contribution >= 4 is 22.7 Å². The van der Waals surface area contributed by atoms with E-state index in [9.17, 15) is 9.59 Å². The maximum Gasteiger partial charge on any atom is 0.335 e. The van der Waals surface area contributed by atoms with E-state index in [-0.39, 0.29) is 11.3 Å². The molecule has 0 amide bonds. The van der Waals surface area contributed by atoms with Crippen molar-refractivity contribution in [1.82, 2.24) is 10.3 Å². The van der Waals surface area contributed by atoms with E-state index in [0.717, 1.165) is 22.0 Å². The van der Waals surface area contributed by atoms with Crippen LogP contribution >= 0.6 is 0 Å². The largest absolute Gasteiger partial charge is 0.478 e. The fourth-order valence-electron chi connectivity index (χ4n) is 3.61. The zero-order valence-corrected chi connectivity index (χ0v) is 16.3. The lowest BCUT2D eigenvalue weighted by molar-refractivity contribution is 0.0696. The molecule has 0 radical (unpaired) electrons. The number of benzene rings is 3. The molecule has 5 nitrogen and oxygen atoms in total. The summed E-state index contributed by atoms with van der Waals surface area (Å²) in [5, 5.41) is 13.3. The molecule has 4 rings (SSSR count). The predicted molar refractivity (Wildman–Crippen MR) is 117 cm³/mol. The van der Waals surface area contributed by atoms with Gasteiger partial charge in [0.25, 0.3) is 0 Å². The summed E-state index contributed by atoms with van der Waals surface area (Å²) >= 11 is 0. The molecule has 0 saturated carbocycles. The molecule has 1 heterocycles. The number of hydrogen-bond donors (Lipinski definition) is 3. The van der Waals surface area contributed by atoms with Crippen LogP contribution in [0.5, 0.6) is 0 Å². The lowest BCUT2D eigenvalue weighted by atomic mass is 9.96. The van der Waals surface area contributed by atoms with Gasteiger partial charge in [-0.25, -0.2) is 4.79 Å². The molecule has 1 aromatic heterocycles. The monoisotopic (exact) mass is 398 g/mol. The van der Waals surface area contributed by atoms with Gasteiger partial charge in [0.2, 0.25) is 0 Å². The van der Waals surface area contributed by atoms with E-state index in [1.807, 2.05) is 66.7 Å². The molecule has 0 spiro atoms. The van der Waals surface area contributed by atoms with Crippen molar-refractivity contribution in [1.29, 1.82) is 0 Å². The quantitative estimate of drug-likeness (QED) is 0.378. The third kappa shape index (κ3) is 4.16. The molecule has 30 heavy (non-hydrogen) atoms. The Hall–Kier alpha value is -3.70. The molecular formula is C25H22N2O3. The van der Waals surface area contributed by atoms with Gasteiger partial charge in [-0.1, -0.05) is 60.7 Å². The van der Waals surface area contributed by atoms with Crippen LogP contribution in [-0.4, -0.2) is 28.4 Å². The van der Waals surface area contributed by atoms with Crippen molar-refractivity contribution in [3.05, 3.63) is 107 Å². The van der Waals surface area contributed by atoms with Crippen LogP contribution in [0.15, 0.2) is 85.1 Å². The van der Waals surface area contributed by atoms with Crippen LogP contribution in [0.2, 0.25) is 0 Å². The zero-order valence-electron chi connectivity index (χ0n) is 16.3. The molecule has 5 heteroatoms. The van der Waals surface area contributed by atoms with Gasteiger partial charge >= 0.3 is 5.97 Å². The average molecular weight is 398 g/mol. The van der Waals surface area contributed by atoms with Gasteiger partial charge in [-0.3, -0.25) is 4.79 Å². The van der Waals surface area contributed by atoms with Crippen LogP contribution < -0.4 is 5.32 Å². The highest BCUT2D eigenvalue weighted by Gasteiger charge is 2.23. The highest BCUT2D eigenvalue weighted by molar-refractivity contribution is 6.10. The predicted octanol–water partition coefficient (Wildman–Crippen LogP) is 4.62. The van der Waals surface area contributed by atoms with Gasteiger partial charge in [0.05, 0.1) is 11.6 Å². The molecule has 0 unspecified atom stereocenters. The summed E-state index contributed by atoms with van der Waals surface area (Å²) in [6.45, 7) is 0.583. The normalized spacial score (nSPS) is 12.0. The summed E-state index contributed by atoms with van der Waals surface area (Å²) in [6, 6.07) is 23.8. The maximum atomic E-state index is 13.4. The zero-order chi connectivity index (χ0) is 20.9. The van der Waals surface area contributed by atoms with Crippen molar-refractivity contribution in [2.45, 2.75) is 12.5 Å². The first-order valence-corrected chi connectivity index (χ1v) is 9.84. The van der Waals surface area contributed by atoms with Crippen LogP contribution in [0.3, 0.4) is 0 Å². The van der Waals surface area contributed by atoms with Crippen LogP contribution in [0.25, 0.3) is 10.9 Å². The fourth-order valence-corrected chi connectivity index (χ4v) is 3.61. The summed E-state index contributed by atoms with van der Waals surface area (Å²) in [4.78, 5) is 27.6. The SMILES string of the molecule is O=C(O)c1ccc(CCN[C@@H](C(=O)c2c[nH]c3ccccc23)c2ccccc2)cc1. The number of aromatic amines is 1. The molecule has 0 saturated heterocycles. The number of carbonyl (C=O) groups is 2. The van der Waals surface area contributed by atoms with Gasteiger partial charge in [-0.15, -0.1) is 0 Å². The Balaban J connectivity index is 1.53. The molecule has 1 atom stereocenters. The summed E-state index contributed by atoms with van der Waals surface area (Å²) in [6.07, 6.45) is 2.46. The van der Waals surface area contributed by atoms with Crippen molar-refractivity contribution in [2.24, 2.45) is 0 Å². The molecule has 0 aliphatic carbocycles. The second kappa shape index (κ2) is 8.76. The summed E-state index contributed by atoms with van der Waals surface area (Å²) in [5.74, 6) is -0.923. The second-order valence-corrected chi connectivity index (χ2v) is 7.16. The van der Waals surface area contributed by atoms with Crippen molar-refractivity contribution < 1.29 is 14.7 Å². The molecular weight excluding hydrogens is 376 g/mol. The van der Waals surface area contributed by atoms with Crippen LogP contribution in [-0.2, 0) is 6.42 Å². The van der Waals surface area contributed by atoms with E-state index < -0.39 is 12.0 Å². The fraction of sp³-hybridized carbons (Fsp3) is 0.120. The number of rotatable bonds is 8. The minimum atomic E-state index is -0.937. The van der Waals surface area contributed by atoms with E-state index in [1.165, 1.54) is 0 Å². The topological polar surface area (TPSA) is 82.2 Å². The molecule has 0 aliphatic heterocycles. The first kappa shape index (κ1) is 19.6. The Morgan fingerprint density at radius 1 is 0.900 bits per heavy atom. The number of hydrogen-bond acceptors (Lipinski definition) is 3. The van der Waals surface area contributed by atoms with E-state index in [1.54, 1.807) is 18.3 Å². The van der Waals surface area contributed by atoms with Crippen LogP contribution in [0.1, 0.15) is 37.9 Å². The number of carboxylic acid groups (broad SMARTS) is 1. The number of ketones is 1. The first-order valence-electron chi connectivity index (χ1n) is 9.84. The smallest absolute Gasteiger partial charge is 0.335 e. The maximum absolute atomic E-state index is 13.4. The molecule has 3 N–H and O–H groups in total. The molecule has 150 valence electrons. The number of Topliss-reactive ketones (excluding diaryl/α,β-unsaturated/α-hetero) is 1. The number of aromatic carboxylic acids is 1. The van der Waals surface area contributed by atoms with Crippen molar-refractivity contribution in [2.75, 3.05) is 6.54 Å². The Labute approximate surface area is 174 Å². The minimum absolute atomic E-state index is 0.0138. The van der Waals surface area contributed by atoms with Gasteiger partial charge in [0, 0.05) is 29.2 Å². The summed E-state index contributed by atoms with van der Waals surface area (Å²) < 4.78 is 0. The summed E-state index contributed by atoms with van der Waals surface area (Å²) in [7, 11) is 0. The third-order valence-electron chi connectivity index (χ3n) is 5.21. The lowest BCUT2D eigenvalue weighted by Gasteiger charge is -2.18. The van der Waals surface area contributed by atoms with E-state index in [4.69, 9.17) is 5.11 Å². The molecule has 0 bridgehead atoms. The van der Waals surface area contributed by atoms with E-state index >= 15 is 0 Å². The lowest BCUT2D eigenvalue weighted by Crippen LogP contribution is -2.30. The number of nitrogens with one attached hydrogen (secondary N) is 2. The first-order chi connectivity index (χ1) is 14.6. The Bertz CT molecular complexity index is 1160. The van der Waals surface area contributed by atoms with Gasteiger partial charge in [0.15, 0.2) is 5.78 Å². The Morgan fingerprint density at radius 2 is 1.60 bits per heavy atom. The number of H-pyrrole nitrogens is 1. The minimum Gasteiger partial charge on any atom is -0.478 e. The Morgan fingerprint density at radius 3 is 2.33 bits per heavy atom. The molecule has 4 aromatic rings. The molecule has 0 aliphatic rings. The number of aromatic nitrogens is 1. The van der Waals surface area contributed by atoms with Gasteiger partial charge < -0.3 is 15.4 Å². The van der Waals surface area contributed by atoms with Crippen LogP contribution in [0.4, 0.5) is 0 Å². The van der Waals surface area contributed by atoms with Gasteiger partial charge in [0.1, 0.15) is 0 Å². The number of fused-ring (bicyclic) bond motifs is 1. The third-order valence-corrected chi connectivity index (χ3v) is 5.21. The van der Waals surface area contributed by atoms with E-state index in [0.29, 0.717) is 18.5 Å². The average Bonchev–Trinajstić information content (AvgIpc) is 3.21. The van der Waals surface area contributed by atoms with Crippen molar-refractivity contribution in [3.63, 3.8) is 0 Å². The van der Waals surface area contributed by atoms with Gasteiger partial charge in [-0.2, -0.15) is 0 Å². The molecule has 3 aromatic carbocycles. The number of carbonyl (C=O) groups excluding carboxylic acids is 1. The molecule has 0 fully saturated rings. The summed E-state index contributed by atoms with van der Waals surface area (Å²) in [5.41, 5.74) is 3.79. The van der Waals surface area contributed by atoms with Gasteiger partial charge in [-0.05, 0) is 35.7 Å². The van der Waals surface area contributed by atoms with Crippen LogP contribution in [0, 0.1) is 0 Å². The Kier molecular flexibility index (Phi) is 5.72. The second-order valence-electron chi connectivity index (χ2n) is 7.16. The number of para-hydroxylation sites is 1. The van der Waals surface area contributed by atoms with E-state index in [2.05, 4.69) is 10.3 Å². The highest BCUT2D eigenvalue weighted by atomic mass is 16.4. The standard InChI is InChI=1S/C25H22N2O3/c28-24(21-16-27-22-9-5-4-8-20(21)22)23(18-6-2-1-3-7-18)26-15-14-17-10-12-19(13-11-17)25(29)30/h1-13,16,23,26-27H,14-15H2,(H,29,30)/t23-/m1/s1. The number of carboxylic acids is 1. The highest BCUT2D eigenvalue weighted by Crippen LogP contribution is 2.24.